The Morgan fingerprint density at radius 3 is 2.44 bits per heavy atom. The van der Waals surface area contributed by atoms with Gasteiger partial charge in [0.25, 0.3) is 5.91 Å². The zero-order chi connectivity index (χ0) is 13.7. The molecular formula is C14H21FN2O. The standard InChI is InChI=1S/C14H21FN2O/c1-9(2)12(10(3)4)7-17-14(18)11-5-6-16-8-13(11)15/h5-6,8-10,12H,7H2,1-4H3,(H,17,18). The van der Waals surface area contributed by atoms with E-state index in [0.717, 1.165) is 6.20 Å². The maximum atomic E-state index is 13.4. The van der Waals surface area contributed by atoms with Crippen LogP contribution in [-0.2, 0) is 0 Å². The first-order valence-electron chi connectivity index (χ1n) is 6.31. The molecule has 1 aromatic rings. The second kappa shape index (κ2) is 6.47. The normalized spacial score (nSPS) is 11.3. The first kappa shape index (κ1) is 14.6. The third-order valence-corrected chi connectivity index (χ3v) is 3.23. The Kier molecular flexibility index (Phi) is 5.25. The molecule has 0 bridgehead atoms. The quantitative estimate of drug-likeness (QED) is 0.875. The SMILES string of the molecule is CC(C)C(CNC(=O)c1ccncc1F)C(C)C. The van der Waals surface area contributed by atoms with Gasteiger partial charge in [0.15, 0.2) is 5.82 Å². The van der Waals surface area contributed by atoms with Crippen LogP contribution in [0.25, 0.3) is 0 Å². The molecule has 1 amide bonds. The lowest BCUT2D eigenvalue weighted by Gasteiger charge is -2.25. The Balaban J connectivity index is 2.64. The van der Waals surface area contributed by atoms with E-state index in [1.54, 1.807) is 0 Å². The molecule has 1 rings (SSSR count). The Labute approximate surface area is 108 Å². The molecular weight excluding hydrogens is 231 g/mol. The fourth-order valence-corrected chi connectivity index (χ4v) is 2.11. The van der Waals surface area contributed by atoms with Crippen LogP contribution in [0.4, 0.5) is 4.39 Å². The fraction of sp³-hybridized carbons (Fsp3) is 0.571. The van der Waals surface area contributed by atoms with Gasteiger partial charge in [-0.2, -0.15) is 0 Å². The van der Waals surface area contributed by atoms with Crippen LogP contribution in [0.15, 0.2) is 18.5 Å². The molecule has 1 heterocycles. The number of halogens is 1. The lowest BCUT2D eigenvalue weighted by atomic mass is 9.85. The highest BCUT2D eigenvalue weighted by Gasteiger charge is 2.19. The minimum Gasteiger partial charge on any atom is -0.352 e. The largest absolute Gasteiger partial charge is 0.352 e. The van der Waals surface area contributed by atoms with E-state index in [1.165, 1.54) is 12.3 Å². The number of nitrogens with zero attached hydrogens (tertiary/aromatic N) is 1. The van der Waals surface area contributed by atoms with Gasteiger partial charge in [-0.15, -0.1) is 0 Å². The Morgan fingerprint density at radius 2 is 1.94 bits per heavy atom. The number of aromatic nitrogens is 1. The van der Waals surface area contributed by atoms with E-state index >= 15 is 0 Å². The number of amides is 1. The van der Waals surface area contributed by atoms with Gasteiger partial charge in [0, 0.05) is 12.7 Å². The molecule has 0 aliphatic rings. The van der Waals surface area contributed by atoms with Crippen LogP contribution < -0.4 is 5.32 Å². The fourth-order valence-electron chi connectivity index (χ4n) is 2.11. The lowest BCUT2D eigenvalue weighted by Crippen LogP contribution is -2.34. The van der Waals surface area contributed by atoms with Crippen molar-refractivity contribution in [1.82, 2.24) is 10.3 Å². The molecule has 0 aliphatic carbocycles. The number of hydrogen-bond donors (Lipinski definition) is 1. The van der Waals surface area contributed by atoms with Gasteiger partial charge in [-0.3, -0.25) is 9.78 Å². The Bertz CT molecular complexity index is 397. The van der Waals surface area contributed by atoms with Crippen molar-refractivity contribution >= 4 is 5.91 Å². The number of carbonyl (C=O) groups is 1. The molecule has 4 heteroatoms. The maximum Gasteiger partial charge on any atom is 0.254 e. The van der Waals surface area contributed by atoms with E-state index in [1.807, 2.05) is 0 Å². The van der Waals surface area contributed by atoms with Gasteiger partial charge in [0.2, 0.25) is 0 Å². The molecule has 3 nitrogen and oxygen atoms in total. The molecule has 0 saturated heterocycles. The number of nitrogens with one attached hydrogen (secondary N) is 1. The van der Waals surface area contributed by atoms with Crippen LogP contribution in [0.3, 0.4) is 0 Å². The second-order valence-electron chi connectivity index (χ2n) is 5.22. The van der Waals surface area contributed by atoms with Gasteiger partial charge in [-0.05, 0) is 23.8 Å². The van der Waals surface area contributed by atoms with Crippen molar-refractivity contribution in [3.63, 3.8) is 0 Å². The summed E-state index contributed by atoms with van der Waals surface area (Å²) in [5.74, 6) is 0.390. The highest BCUT2D eigenvalue weighted by Crippen LogP contribution is 2.19. The number of hydrogen-bond acceptors (Lipinski definition) is 2. The molecule has 1 aromatic heterocycles. The monoisotopic (exact) mass is 252 g/mol. The van der Waals surface area contributed by atoms with Crippen molar-refractivity contribution in [3.8, 4) is 0 Å². The predicted molar refractivity (Wildman–Crippen MR) is 69.7 cm³/mol. The zero-order valence-corrected chi connectivity index (χ0v) is 11.4. The third-order valence-electron chi connectivity index (χ3n) is 3.23. The van der Waals surface area contributed by atoms with Crippen LogP contribution >= 0.6 is 0 Å². The molecule has 0 aromatic carbocycles. The third kappa shape index (κ3) is 3.79. The molecule has 0 atom stereocenters. The highest BCUT2D eigenvalue weighted by atomic mass is 19.1. The maximum absolute atomic E-state index is 13.4. The van der Waals surface area contributed by atoms with Gasteiger partial charge in [-0.25, -0.2) is 4.39 Å². The first-order chi connectivity index (χ1) is 8.43. The summed E-state index contributed by atoms with van der Waals surface area (Å²) in [6.45, 7) is 9.08. The van der Waals surface area contributed by atoms with Crippen LogP contribution in [0.2, 0.25) is 0 Å². The number of rotatable bonds is 5. The van der Waals surface area contributed by atoms with E-state index in [-0.39, 0.29) is 11.5 Å². The smallest absolute Gasteiger partial charge is 0.254 e. The summed E-state index contributed by atoms with van der Waals surface area (Å²) in [6.07, 6.45) is 2.47. The predicted octanol–water partition coefficient (Wildman–Crippen LogP) is 2.88. The summed E-state index contributed by atoms with van der Waals surface area (Å²) in [5, 5.41) is 2.80. The highest BCUT2D eigenvalue weighted by molar-refractivity contribution is 5.94. The van der Waals surface area contributed by atoms with E-state index in [9.17, 15) is 9.18 Å². The van der Waals surface area contributed by atoms with Crippen LogP contribution in [0.5, 0.6) is 0 Å². The van der Waals surface area contributed by atoms with Gasteiger partial charge in [0.1, 0.15) is 0 Å². The average Bonchev–Trinajstić information content (AvgIpc) is 2.28. The van der Waals surface area contributed by atoms with E-state index in [2.05, 4.69) is 38.0 Å². The summed E-state index contributed by atoms with van der Waals surface area (Å²) < 4.78 is 13.4. The van der Waals surface area contributed by atoms with E-state index in [4.69, 9.17) is 0 Å². The summed E-state index contributed by atoms with van der Waals surface area (Å²) in [5.41, 5.74) is 0.0521. The molecule has 0 radical (unpaired) electrons. The van der Waals surface area contributed by atoms with Crippen LogP contribution in [-0.4, -0.2) is 17.4 Å². The number of pyridine rings is 1. The van der Waals surface area contributed by atoms with E-state index in [0.29, 0.717) is 24.3 Å². The zero-order valence-electron chi connectivity index (χ0n) is 11.4. The van der Waals surface area contributed by atoms with Gasteiger partial charge >= 0.3 is 0 Å². The topological polar surface area (TPSA) is 42.0 Å². The van der Waals surface area contributed by atoms with Gasteiger partial charge in [0.05, 0.1) is 11.8 Å². The Morgan fingerprint density at radius 1 is 1.33 bits per heavy atom. The summed E-state index contributed by atoms with van der Waals surface area (Å²) in [4.78, 5) is 15.5. The molecule has 0 spiro atoms. The number of carbonyl (C=O) groups excluding carboxylic acids is 1. The molecule has 1 N–H and O–H groups in total. The summed E-state index contributed by atoms with van der Waals surface area (Å²) in [6, 6.07) is 1.39. The van der Waals surface area contributed by atoms with Crippen molar-refractivity contribution in [1.29, 1.82) is 0 Å². The summed E-state index contributed by atoms with van der Waals surface area (Å²) in [7, 11) is 0. The van der Waals surface area contributed by atoms with Crippen molar-refractivity contribution in [2.75, 3.05) is 6.54 Å². The second-order valence-corrected chi connectivity index (χ2v) is 5.22. The van der Waals surface area contributed by atoms with Crippen molar-refractivity contribution in [2.24, 2.45) is 17.8 Å². The van der Waals surface area contributed by atoms with E-state index < -0.39 is 5.82 Å². The summed E-state index contributed by atoms with van der Waals surface area (Å²) >= 11 is 0. The molecule has 100 valence electrons. The van der Waals surface area contributed by atoms with Crippen molar-refractivity contribution < 1.29 is 9.18 Å². The molecule has 0 unspecified atom stereocenters. The van der Waals surface area contributed by atoms with Crippen molar-refractivity contribution in [2.45, 2.75) is 27.7 Å². The Hall–Kier alpha value is -1.45. The molecule has 0 aliphatic heterocycles. The van der Waals surface area contributed by atoms with Crippen LogP contribution in [0.1, 0.15) is 38.1 Å². The average molecular weight is 252 g/mol. The molecule has 0 fully saturated rings. The lowest BCUT2D eigenvalue weighted by molar-refractivity contribution is 0.0933. The van der Waals surface area contributed by atoms with Crippen molar-refractivity contribution in [3.05, 3.63) is 29.8 Å². The first-order valence-corrected chi connectivity index (χ1v) is 6.31. The molecule has 18 heavy (non-hydrogen) atoms. The minimum absolute atomic E-state index is 0.0521. The molecule has 0 saturated carbocycles. The van der Waals surface area contributed by atoms with Gasteiger partial charge in [-0.1, -0.05) is 27.7 Å². The van der Waals surface area contributed by atoms with Gasteiger partial charge < -0.3 is 5.32 Å². The minimum atomic E-state index is -0.583. The van der Waals surface area contributed by atoms with Crippen LogP contribution in [0, 0.1) is 23.6 Å².